The number of fused-ring (bicyclic) bond motifs is 1. The lowest BCUT2D eigenvalue weighted by Crippen LogP contribution is -2.32. The summed E-state index contributed by atoms with van der Waals surface area (Å²) in [6, 6.07) is 7.54. The minimum atomic E-state index is -0.823. The summed E-state index contributed by atoms with van der Waals surface area (Å²) in [6.45, 7) is 4.69. The van der Waals surface area contributed by atoms with Gasteiger partial charge >= 0.3 is 11.9 Å². The van der Waals surface area contributed by atoms with Crippen LogP contribution in [0.2, 0.25) is 0 Å². The summed E-state index contributed by atoms with van der Waals surface area (Å²) in [6.07, 6.45) is 2.05. The highest BCUT2D eigenvalue weighted by Crippen LogP contribution is 2.38. The monoisotopic (exact) mass is 328 g/mol. The van der Waals surface area contributed by atoms with Crippen molar-refractivity contribution in [2.24, 2.45) is 5.41 Å². The average molecular weight is 328 g/mol. The van der Waals surface area contributed by atoms with Gasteiger partial charge in [-0.2, -0.15) is 0 Å². The molecule has 6 heteroatoms. The zero-order chi connectivity index (χ0) is 17.3. The number of rotatable bonds is 4. The summed E-state index contributed by atoms with van der Waals surface area (Å²) < 4.78 is 5.15. The van der Waals surface area contributed by atoms with Crippen molar-refractivity contribution in [3.63, 3.8) is 0 Å². The molecular weight excluding hydrogens is 308 g/mol. The Morgan fingerprint density at radius 3 is 2.79 bits per heavy atom. The summed E-state index contributed by atoms with van der Waals surface area (Å²) in [5.41, 5.74) is 1.04. The zero-order valence-corrected chi connectivity index (χ0v) is 13.8. The first-order valence-electron chi connectivity index (χ1n) is 7.99. The van der Waals surface area contributed by atoms with Crippen molar-refractivity contribution in [2.75, 3.05) is 24.6 Å². The Kier molecular flexibility index (Phi) is 4.13. The van der Waals surface area contributed by atoms with Gasteiger partial charge in [-0.1, -0.05) is 18.2 Å². The van der Waals surface area contributed by atoms with Gasteiger partial charge in [-0.05, 0) is 26.3 Å². The van der Waals surface area contributed by atoms with Gasteiger partial charge in [0.05, 0.1) is 23.2 Å². The normalized spacial score (nSPS) is 20.3. The van der Waals surface area contributed by atoms with E-state index in [4.69, 9.17) is 4.74 Å². The maximum absolute atomic E-state index is 12.4. The van der Waals surface area contributed by atoms with Gasteiger partial charge in [0, 0.05) is 24.7 Å². The molecule has 0 aliphatic carbocycles. The average Bonchev–Trinajstić information content (AvgIpc) is 2.97. The number of nitrogens with zero attached hydrogens (tertiary/aromatic N) is 2. The molecule has 126 valence electrons. The van der Waals surface area contributed by atoms with Gasteiger partial charge in [0.2, 0.25) is 0 Å². The fraction of sp³-hybridized carbons (Fsp3) is 0.389. The molecule has 1 atom stereocenters. The predicted molar refractivity (Wildman–Crippen MR) is 90.3 cm³/mol. The molecule has 2 aromatic rings. The third kappa shape index (κ3) is 2.68. The maximum atomic E-state index is 12.4. The Hall–Kier alpha value is -2.63. The van der Waals surface area contributed by atoms with E-state index in [1.165, 1.54) is 6.20 Å². The first-order chi connectivity index (χ1) is 11.5. The van der Waals surface area contributed by atoms with Crippen LogP contribution in [-0.2, 0) is 9.53 Å². The van der Waals surface area contributed by atoms with E-state index in [9.17, 15) is 14.7 Å². The third-order valence-corrected chi connectivity index (χ3v) is 4.55. The summed E-state index contributed by atoms with van der Waals surface area (Å²) in [5, 5.41) is 10.3. The van der Waals surface area contributed by atoms with Crippen molar-refractivity contribution in [2.45, 2.75) is 20.3 Å². The Labute approximate surface area is 140 Å². The lowest BCUT2D eigenvalue weighted by atomic mass is 9.90. The molecule has 1 aromatic carbocycles. The second-order valence-electron chi connectivity index (χ2n) is 6.30. The number of hydrogen-bond donors (Lipinski definition) is 1. The van der Waals surface area contributed by atoms with Gasteiger partial charge in [0.25, 0.3) is 0 Å². The van der Waals surface area contributed by atoms with E-state index in [0.29, 0.717) is 30.8 Å². The minimum absolute atomic E-state index is 0.276. The topological polar surface area (TPSA) is 79.7 Å². The lowest BCUT2D eigenvalue weighted by Gasteiger charge is -2.25. The summed E-state index contributed by atoms with van der Waals surface area (Å²) in [7, 11) is 0. The minimum Gasteiger partial charge on any atom is -0.481 e. The summed E-state index contributed by atoms with van der Waals surface area (Å²) in [4.78, 5) is 30.2. The van der Waals surface area contributed by atoms with Crippen LogP contribution < -0.4 is 4.90 Å². The molecule has 1 aromatic heterocycles. The Bertz CT molecular complexity index is 805. The molecule has 0 bridgehead atoms. The van der Waals surface area contributed by atoms with Crippen LogP contribution in [0, 0.1) is 5.41 Å². The van der Waals surface area contributed by atoms with Crippen molar-refractivity contribution < 1.29 is 19.4 Å². The van der Waals surface area contributed by atoms with E-state index in [1.54, 1.807) is 13.8 Å². The number of carboxylic acids is 1. The molecule has 0 radical (unpaired) electrons. The molecule has 1 fully saturated rings. The summed E-state index contributed by atoms with van der Waals surface area (Å²) >= 11 is 0. The first-order valence-corrected chi connectivity index (χ1v) is 7.99. The highest BCUT2D eigenvalue weighted by atomic mass is 16.5. The molecule has 0 amide bonds. The largest absolute Gasteiger partial charge is 0.481 e. The fourth-order valence-corrected chi connectivity index (χ4v) is 3.15. The quantitative estimate of drug-likeness (QED) is 0.869. The van der Waals surface area contributed by atoms with Crippen molar-refractivity contribution in [3.05, 3.63) is 36.0 Å². The van der Waals surface area contributed by atoms with E-state index < -0.39 is 17.4 Å². The van der Waals surface area contributed by atoms with Crippen LogP contribution in [0.1, 0.15) is 30.6 Å². The number of carboxylic acid groups (broad SMARTS) is 1. The van der Waals surface area contributed by atoms with Gasteiger partial charge in [-0.3, -0.25) is 9.78 Å². The molecule has 1 N–H and O–H groups in total. The number of hydrogen-bond acceptors (Lipinski definition) is 5. The lowest BCUT2D eigenvalue weighted by molar-refractivity contribution is -0.146. The van der Waals surface area contributed by atoms with Crippen molar-refractivity contribution in [1.29, 1.82) is 0 Å². The summed E-state index contributed by atoms with van der Waals surface area (Å²) in [5.74, 6) is -1.25. The van der Waals surface area contributed by atoms with E-state index >= 15 is 0 Å². The fourth-order valence-electron chi connectivity index (χ4n) is 3.15. The number of carbonyl (C=O) groups is 2. The van der Waals surface area contributed by atoms with E-state index in [0.717, 1.165) is 10.9 Å². The Morgan fingerprint density at radius 2 is 2.12 bits per heavy atom. The molecule has 6 nitrogen and oxygen atoms in total. The third-order valence-electron chi connectivity index (χ3n) is 4.55. The van der Waals surface area contributed by atoms with Gasteiger partial charge in [-0.25, -0.2) is 4.79 Å². The number of aromatic nitrogens is 1. The zero-order valence-electron chi connectivity index (χ0n) is 13.8. The van der Waals surface area contributed by atoms with Gasteiger partial charge in [-0.15, -0.1) is 0 Å². The highest BCUT2D eigenvalue weighted by Gasteiger charge is 2.41. The van der Waals surface area contributed by atoms with Crippen LogP contribution in [0.4, 0.5) is 5.69 Å². The van der Waals surface area contributed by atoms with Crippen LogP contribution >= 0.6 is 0 Å². The van der Waals surface area contributed by atoms with E-state index in [1.807, 2.05) is 29.2 Å². The standard InChI is InChI=1S/C18H20N2O4/c1-3-24-16(21)13-10-19-14-7-5-4-6-12(14)15(13)20-9-8-18(2,11-20)17(22)23/h4-7,10H,3,8-9,11H2,1-2H3,(H,22,23). The van der Waals surface area contributed by atoms with Crippen LogP contribution in [-0.4, -0.2) is 41.7 Å². The molecular formula is C18H20N2O4. The van der Waals surface area contributed by atoms with Crippen LogP contribution in [0.5, 0.6) is 0 Å². The second-order valence-corrected chi connectivity index (χ2v) is 6.30. The smallest absolute Gasteiger partial charge is 0.341 e. The highest BCUT2D eigenvalue weighted by molar-refractivity contribution is 6.05. The molecule has 0 saturated carbocycles. The number of benzene rings is 1. The molecule has 1 saturated heterocycles. The molecule has 1 aliphatic heterocycles. The van der Waals surface area contributed by atoms with Crippen LogP contribution in [0.15, 0.2) is 30.5 Å². The SMILES string of the molecule is CCOC(=O)c1cnc2ccccc2c1N1CCC(C)(C(=O)O)C1. The van der Waals surface area contributed by atoms with Gasteiger partial charge in [0.15, 0.2) is 0 Å². The van der Waals surface area contributed by atoms with Gasteiger partial charge < -0.3 is 14.7 Å². The molecule has 2 heterocycles. The van der Waals surface area contributed by atoms with Crippen molar-refractivity contribution in [1.82, 2.24) is 4.98 Å². The van der Waals surface area contributed by atoms with E-state index in [-0.39, 0.29) is 6.61 Å². The molecule has 24 heavy (non-hydrogen) atoms. The predicted octanol–water partition coefficient (Wildman–Crippen LogP) is 2.71. The number of carbonyl (C=O) groups excluding carboxylic acids is 1. The number of pyridine rings is 1. The number of anilines is 1. The number of para-hydroxylation sites is 1. The van der Waals surface area contributed by atoms with Crippen LogP contribution in [0.25, 0.3) is 10.9 Å². The van der Waals surface area contributed by atoms with Crippen LogP contribution in [0.3, 0.4) is 0 Å². The van der Waals surface area contributed by atoms with E-state index in [2.05, 4.69) is 4.98 Å². The molecule has 3 rings (SSSR count). The maximum Gasteiger partial charge on any atom is 0.341 e. The first kappa shape index (κ1) is 16.2. The number of esters is 1. The number of aliphatic carboxylic acids is 1. The molecule has 0 spiro atoms. The Morgan fingerprint density at radius 1 is 1.38 bits per heavy atom. The number of ether oxygens (including phenoxy) is 1. The Balaban J connectivity index is 2.12. The van der Waals surface area contributed by atoms with Gasteiger partial charge in [0.1, 0.15) is 5.56 Å². The second kappa shape index (κ2) is 6.11. The van der Waals surface area contributed by atoms with Crippen molar-refractivity contribution in [3.8, 4) is 0 Å². The van der Waals surface area contributed by atoms with Crippen molar-refractivity contribution >= 4 is 28.5 Å². The molecule has 1 aliphatic rings. The molecule has 1 unspecified atom stereocenters.